The molecule has 0 unspecified atom stereocenters. The topological polar surface area (TPSA) is 25.2 Å². The van der Waals surface area contributed by atoms with E-state index in [1.165, 1.54) is 16.8 Å². The average Bonchev–Trinajstić information content (AvgIpc) is 3.08. The molecule has 3 nitrogen and oxygen atoms in total. The maximum Gasteiger partial charge on any atom is 0.255 e. The molecule has 1 atom stereocenters. The number of aromatic nitrogens is 1. The van der Waals surface area contributed by atoms with Crippen LogP contribution in [0.25, 0.3) is 5.69 Å². The molecule has 3 aromatic rings. The maximum absolute atomic E-state index is 12.9. The summed E-state index contributed by atoms with van der Waals surface area (Å²) in [5, 5.41) is 0. The van der Waals surface area contributed by atoms with Gasteiger partial charge in [-0.2, -0.15) is 0 Å². The van der Waals surface area contributed by atoms with Gasteiger partial charge in [0.2, 0.25) is 0 Å². The standard InChI is InChI=1S/C20H16N2O/c1-13-6-4-7-14-12-22-19(17-10-5-11-21(17)18(13)14)15-8-2-3-9-16(15)20(22)23/h2-11,19H,12H2,1H3/t19-/m0/s1. The molecule has 0 fully saturated rings. The summed E-state index contributed by atoms with van der Waals surface area (Å²) >= 11 is 0. The van der Waals surface area contributed by atoms with Gasteiger partial charge < -0.3 is 9.47 Å². The minimum atomic E-state index is 0.000463. The van der Waals surface area contributed by atoms with Gasteiger partial charge in [-0.05, 0) is 41.8 Å². The van der Waals surface area contributed by atoms with Gasteiger partial charge in [0, 0.05) is 24.0 Å². The zero-order valence-corrected chi connectivity index (χ0v) is 12.9. The maximum atomic E-state index is 12.9. The molecule has 5 rings (SSSR count). The summed E-state index contributed by atoms with van der Waals surface area (Å²) in [6.45, 7) is 2.78. The van der Waals surface area contributed by atoms with Gasteiger partial charge in [0.1, 0.15) is 0 Å². The molecule has 0 saturated heterocycles. The summed E-state index contributed by atoms with van der Waals surface area (Å²) in [6.07, 6.45) is 2.11. The van der Waals surface area contributed by atoms with Crippen LogP contribution < -0.4 is 0 Å². The van der Waals surface area contributed by atoms with Crippen molar-refractivity contribution >= 4 is 5.91 Å². The van der Waals surface area contributed by atoms with Crippen LogP contribution in [0.5, 0.6) is 0 Å². The van der Waals surface area contributed by atoms with E-state index in [2.05, 4.69) is 54.1 Å². The second kappa shape index (κ2) is 4.35. The Kier molecular flexibility index (Phi) is 2.41. The third-order valence-corrected chi connectivity index (χ3v) is 5.02. The number of nitrogens with zero attached hydrogens (tertiary/aromatic N) is 2. The number of aryl methyl sites for hydroxylation is 1. The highest BCUT2D eigenvalue weighted by Crippen LogP contribution is 2.43. The number of para-hydroxylation sites is 1. The minimum absolute atomic E-state index is 0.000463. The van der Waals surface area contributed by atoms with Crippen LogP contribution >= 0.6 is 0 Å². The van der Waals surface area contributed by atoms with Gasteiger partial charge in [0.05, 0.1) is 11.7 Å². The predicted molar refractivity (Wildman–Crippen MR) is 88.7 cm³/mol. The van der Waals surface area contributed by atoms with Crippen LogP contribution in [-0.2, 0) is 6.54 Å². The first-order valence-electron chi connectivity index (χ1n) is 7.92. The van der Waals surface area contributed by atoms with E-state index in [0.717, 1.165) is 16.8 Å². The summed E-state index contributed by atoms with van der Waals surface area (Å²) in [4.78, 5) is 14.9. The summed E-state index contributed by atoms with van der Waals surface area (Å²) in [5.74, 6) is 0.132. The van der Waals surface area contributed by atoms with E-state index in [0.29, 0.717) is 6.54 Å². The lowest BCUT2D eigenvalue weighted by molar-refractivity contribution is 0.0736. The number of carbonyl (C=O) groups excluding carboxylic acids is 1. The van der Waals surface area contributed by atoms with Crippen molar-refractivity contribution in [3.63, 3.8) is 0 Å². The Labute approximate surface area is 134 Å². The molecule has 0 radical (unpaired) electrons. The molecule has 23 heavy (non-hydrogen) atoms. The molecule has 0 bridgehead atoms. The highest BCUT2D eigenvalue weighted by molar-refractivity contribution is 5.99. The lowest BCUT2D eigenvalue weighted by Gasteiger charge is -2.23. The Bertz CT molecular complexity index is 954. The van der Waals surface area contributed by atoms with Crippen LogP contribution in [0.3, 0.4) is 0 Å². The van der Waals surface area contributed by atoms with Gasteiger partial charge in [0.15, 0.2) is 0 Å². The van der Waals surface area contributed by atoms with E-state index in [1.807, 2.05) is 23.1 Å². The van der Waals surface area contributed by atoms with Gasteiger partial charge in [-0.3, -0.25) is 4.79 Å². The fourth-order valence-electron chi connectivity index (χ4n) is 4.05. The number of amides is 1. The van der Waals surface area contributed by atoms with E-state index in [-0.39, 0.29) is 11.9 Å². The van der Waals surface area contributed by atoms with Crippen LogP contribution in [0, 0.1) is 6.92 Å². The fraction of sp³-hybridized carbons (Fsp3) is 0.150. The SMILES string of the molecule is Cc1cccc2c1-n1cccc1[C@@H]1c3ccccc3C(=O)N1C2. The third kappa shape index (κ3) is 1.57. The Morgan fingerprint density at radius 3 is 2.78 bits per heavy atom. The Hall–Kier alpha value is -2.81. The molecular weight excluding hydrogens is 284 g/mol. The first-order chi connectivity index (χ1) is 11.3. The highest BCUT2D eigenvalue weighted by Gasteiger charge is 2.40. The van der Waals surface area contributed by atoms with Crippen LogP contribution in [0.1, 0.15) is 38.8 Å². The largest absolute Gasteiger partial charge is 0.322 e. The molecule has 2 aromatic carbocycles. The molecule has 2 aliphatic heterocycles. The van der Waals surface area contributed by atoms with E-state index >= 15 is 0 Å². The van der Waals surface area contributed by atoms with Gasteiger partial charge in [0.25, 0.3) is 5.91 Å². The molecule has 1 aromatic heterocycles. The second-order valence-electron chi connectivity index (χ2n) is 6.31. The van der Waals surface area contributed by atoms with Crippen molar-refractivity contribution in [3.05, 3.63) is 88.7 Å². The number of hydrogen-bond donors (Lipinski definition) is 0. The number of rotatable bonds is 0. The van der Waals surface area contributed by atoms with Gasteiger partial charge in [-0.25, -0.2) is 0 Å². The van der Waals surface area contributed by atoms with Gasteiger partial charge in [-0.1, -0.05) is 36.4 Å². The van der Waals surface area contributed by atoms with Crippen molar-refractivity contribution in [2.75, 3.05) is 0 Å². The van der Waals surface area contributed by atoms with Gasteiger partial charge in [-0.15, -0.1) is 0 Å². The third-order valence-electron chi connectivity index (χ3n) is 5.02. The zero-order chi connectivity index (χ0) is 15.6. The van der Waals surface area contributed by atoms with Crippen LogP contribution in [0.15, 0.2) is 60.8 Å². The average molecular weight is 300 g/mol. The van der Waals surface area contributed by atoms with Crippen molar-refractivity contribution in [1.29, 1.82) is 0 Å². The summed E-state index contributed by atoms with van der Waals surface area (Å²) in [6, 6.07) is 18.5. The van der Waals surface area contributed by atoms with Crippen molar-refractivity contribution < 1.29 is 4.79 Å². The van der Waals surface area contributed by atoms with Crippen molar-refractivity contribution in [1.82, 2.24) is 9.47 Å². The predicted octanol–water partition coefficient (Wildman–Crippen LogP) is 3.84. The minimum Gasteiger partial charge on any atom is -0.322 e. The van der Waals surface area contributed by atoms with Crippen molar-refractivity contribution in [2.45, 2.75) is 19.5 Å². The lowest BCUT2D eigenvalue weighted by atomic mass is 10.0. The molecule has 3 heteroatoms. The Morgan fingerprint density at radius 1 is 1.00 bits per heavy atom. The second-order valence-corrected chi connectivity index (χ2v) is 6.31. The first kappa shape index (κ1) is 12.7. The molecule has 0 N–H and O–H groups in total. The van der Waals surface area contributed by atoms with E-state index < -0.39 is 0 Å². The van der Waals surface area contributed by atoms with E-state index in [9.17, 15) is 4.79 Å². The summed E-state index contributed by atoms with van der Waals surface area (Å²) in [5.41, 5.74) is 6.76. The number of benzene rings is 2. The molecule has 1 amide bonds. The summed E-state index contributed by atoms with van der Waals surface area (Å²) in [7, 11) is 0. The smallest absolute Gasteiger partial charge is 0.255 e. The van der Waals surface area contributed by atoms with Crippen molar-refractivity contribution in [3.8, 4) is 5.69 Å². The van der Waals surface area contributed by atoms with Crippen LogP contribution in [-0.4, -0.2) is 15.4 Å². The van der Waals surface area contributed by atoms with Gasteiger partial charge >= 0.3 is 0 Å². The number of hydrogen-bond acceptors (Lipinski definition) is 1. The quantitative estimate of drug-likeness (QED) is 0.619. The van der Waals surface area contributed by atoms with E-state index in [4.69, 9.17) is 0 Å². The lowest BCUT2D eigenvalue weighted by Crippen LogP contribution is -2.27. The number of fused-ring (bicyclic) bond motifs is 7. The number of carbonyl (C=O) groups is 1. The molecule has 112 valence electrons. The van der Waals surface area contributed by atoms with Crippen LogP contribution in [0.4, 0.5) is 0 Å². The molecule has 2 aliphatic rings. The molecular formula is C20H16N2O. The first-order valence-corrected chi connectivity index (χ1v) is 7.92. The fourth-order valence-corrected chi connectivity index (χ4v) is 4.05. The molecule has 0 saturated carbocycles. The highest BCUT2D eigenvalue weighted by atomic mass is 16.2. The zero-order valence-electron chi connectivity index (χ0n) is 12.9. The molecule has 0 spiro atoms. The molecule has 0 aliphatic carbocycles. The molecule has 3 heterocycles. The monoisotopic (exact) mass is 300 g/mol. The summed E-state index contributed by atoms with van der Waals surface area (Å²) < 4.78 is 2.25. The van der Waals surface area contributed by atoms with Crippen LogP contribution in [0.2, 0.25) is 0 Å². The Balaban J connectivity index is 1.84. The van der Waals surface area contributed by atoms with E-state index in [1.54, 1.807) is 0 Å². The Morgan fingerprint density at radius 2 is 1.87 bits per heavy atom. The normalized spacial score (nSPS) is 18.0. The van der Waals surface area contributed by atoms with Crippen molar-refractivity contribution in [2.24, 2.45) is 0 Å².